The summed E-state index contributed by atoms with van der Waals surface area (Å²) in [5, 5.41) is 3.05. The van der Waals surface area contributed by atoms with Crippen LogP contribution in [0.4, 0.5) is 0 Å². The van der Waals surface area contributed by atoms with Gasteiger partial charge in [0.25, 0.3) is 0 Å². The maximum absolute atomic E-state index is 11.7. The van der Waals surface area contributed by atoms with Crippen molar-refractivity contribution in [3.05, 3.63) is 11.6 Å². The molecule has 1 saturated heterocycles. The van der Waals surface area contributed by atoms with Gasteiger partial charge in [-0.25, -0.2) is 0 Å². The highest BCUT2D eigenvalue weighted by atomic mass is 16.5. The molecule has 1 aliphatic carbocycles. The first kappa shape index (κ1) is 15.5. The van der Waals surface area contributed by atoms with E-state index in [0.717, 1.165) is 52.0 Å². The largest absolute Gasteiger partial charge is 0.375 e. The monoisotopic (exact) mass is 280 g/mol. The lowest BCUT2D eigenvalue weighted by Crippen LogP contribution is -2.44. The van der Waals surface area contributed by atoms with Crippen molar-refractivity contribution in [2.45, 2.75) is 45.6 Å². The minimum absolute atomic E-state index is 0.244. The summed E-state index contributed by atoms with van der Waals surface area (Å²) in [6.07, 6.45) is 6.80. The molecule has 1 N–H and O–H groups in total. The highest BCUT2D eigenvalue weighted by Crippen LogP contribution is 2.26. The highest BCUT2D eigenvalue weighted by molar-refractivity contribution is 5.79. The highest BCUT2D eigenvalue weighted by Gasteiger charge is 2.25. The molecule has 2 fully saturated rings. The van der Waals surface area contributed by atoms with Gasteiger partial charge in [-0.2, -0.15) is 0 Å². The summed E-state index contributed by atoms with van der Waals surface area (Å²) >= 11 is 0. The lowest BCUT2D eigenvalue weighted by atomic mass is 9.85. The number of amides is 1. The summed E-state index contributed by atoms with van der Waals surface area (Å²) in [4.78, 5) is 14.2. The number of morpholine rings is 1. The molecule has 2 rings (SSSR count). The van der Waals surface area contributed by atoms with Crippen molar-refractivity contribution in [3.63, 3.8) is 0 Å². The van der Waals surface area contributed by atoms with E-state index in [1.54, 1.807) is 0 Å². The van der Waals surface area contributed by atoms with Gasteiger partial charge >= 0.3 is 0 Å². The van der Waals surface area contributed by atoms with Gasteiger partial charge in [-0.15, -0.1) is 0 Å². The average molecular weight is 280 g/mol. The number of carbonyl (C=O) groups is 1. The van der Waals surface area contributed by atoms with E-state index in [4.69, 9.17) is 4.74 Å². The van der Waals surface area contributed by atoms with Crippen LogP contribution in [0, 0.1) is 5.92 Å². The molecule has 2 aliphatic rings. The Kier molecular flexibility index (Phi) is 6.05. The third-order valence-corrected chi connectivity index (χ3v) is 4.22. The predicted octanol–water partition coefficient (Wildman–Crippen LogP) is 1.96. The Labute approximate surface area is 122 Å². The number of allylic oxidation sites excluding steroid dienone is 1. The standard InChI is InChI=1S/C16H28N2O2/c1-13(2)7-9-18-10-11-20-15(12-18)6-8-17-16(19)14-4-3-5-14/h7,14-15H,3-6,8-12H2,1-2H3,(H,17,19)/t15-/m0/s1. The summed E-state index contributed by atoms with van der Waals surface area (Å²) in [5.41, 5.74) is 1.36. The fraction of sp³-hybridized carbons (Fsp3) is 0.812. The van der Waals surface area contributed by atoms with E-state index in [2.05, 4.69) is 30.1 Å². The van der Waals surface area contributed by atoms with Crippen LogP contribution in [-0.2, 0) is 9.53 Å². The molecule has 1 heterocycles. The van der Waals surface area contributed by atoms with Crippen molar-refractivity contribution in [3.8, 4) is 0 Å². The number of nitrogens with zero attached hydrogens (tertiary/aromatic N) is 1. The number of nitrogens with one attached hydrogen (secondary N) is 1. The zero-order valence-electron chi connectivity index (χ0n) is 12.9. The average Bonchev–Trinajstić information content (AvgIpc) is 2.35. The van der Waals surface area contributed by atoms with Crippen LogP contribution in [0.15, 0.2) is 11.6 Å². The zero-order chi connectivity index (χ0) is 14.4. The number of hydrogen-bond acceptors (Lipinski definition) is 3. The zero-order valence-corrected chi connectivity index (χ0v) is 12.9. The molecule has 0 aromatic carbocycles. The molecule has 0 bridgehead atoms. The maximum Gasteiger partial charge on any atom is 0.223 e. The van der Waals surface area contributed by atoms with Gasteiger partial charge in [0.2, 0.25) is 5.91 Å². The predicted molar refractivity (Wildman–Crippen MR) is 80.6 cm³/mol. The molecule has 0 unspecified atom stereocenters. The Morgan fingerprint density at radius 1 is 1.40 bits per heavy atom. The molecular formula is C16H28N2O2. The van der Waals surface area contributed by atoms with Crippen LogP contribution in [0.1, 0.15) is 39.5 Å². The molecule has 0 aromatic rings. The Balaban J connectivity index is 1.62. The van der Waals surface area contributed by atoms with Crippen molar-refractivity contribution >= 4 is 5.91 Å². The van der Waals surface area contributed by atoms with Crippen LogP contribution in [0.3, 0.4) is 0 Å². The molecule has 20 heavy (non-hydrogen) atoms. The SMILES string of the molecule is CC(C)=CCN1CCO[C@@H](CCNC(=O)C2CCC2)C1. The van der Waals surface area contributed by atoms with E-state index >= 15 is 0 Å². The van der Waals surface area contributed by atoms with Crippen molar-refractivity contribution in [1.82, 2.24) is 10.2 Å². The fourth-order valence-corrected chi connectivity index (χ4v) is 2.60. The molecule has 4 heteroatoms. The van der Waals surface area contributed by atoms with Crippen LogP contribution >= 0.6 is 0 Å². The Morgan fingerprint density at radius 3 is 2.85 bits per heavy atom. The lowest BCUT2D eigenvalue weighted by Gasteiger charge is -2.32. The second-order valence-electron chi connectivity index (χ2n) is 6.24. The summed E-state index contributed by atoms with van der Waals surface area (Å²) < 4.78 is 5.78. The summed E-state index contributed by atoms with van der Waals surface area (Å²) in [5.74, 6) is 0.532. The second-order valence-corrected chi connectivity index (χ2v) is 6.24. The molecule has 1 saturated carbocycles. The van der Waals surface area contributed by atoms with E-state index in [1.165, 1.54) is 12.0 Å². The number of rotatable bonds is 6. The quantitative estimate of drug-likeness (QED) is 0.756. The molecule has 0 spiro atoms. The number of carbonyl (C=O) groups excluding carboxylic acids is 1. The Bertz CT molecular complexity index is 346. The van der Waals surface area contributed by atoms with E-state index in [1.807, 2.05) is 0 Å². The van der Waals surface area contributed by atoms with Gasteiger partial charge in [-0.05, 0) is 33.1 Å². The smallest absolute Gasteiger partial charge is 0.223 e. The van der Waals surface area contributed by atoms with Crippen LogP contribution in [0.5, 0.6) is 0 Å². The first-order valence-corrected chi connectivity index (χ1v) is 7.90. The van der Waals surface area contributed by atoms with Crippen molar-refractivity contribution in [1.29, 1.82) is 0 Å². The van der Waals surface area contributed by atoms with Crippen LogP contribution in [0.25, 0.3) is 0 Å². The van der Waals surface area contributed by atoms with E-state index in [-0.39, 0.29) is 17.9 Å². The third kappa shape index (κ3) is 4.91. The van der Waals surface area contributed by atoms with Gasteiger partial charge in [0.05, 0.1) is 12.7 Å². The molecule has 0 radical (unpaired) electrons. The molecule has 1 amide bonds. The van der Waals surface area contributed by atoms with Crippen LogP contribution in [0.2, 0.25) is 0 Å². The summed E-state index contributed by atoms with van der Waals surface area (Å²) in [7, 11) is 0. The minimum Gasteiger partial charge on any atom is -0.375 e. The molecule has 4 nitrogen and oxygen atoms in total. The summed E-state index contributed by atoms with van der Waals surface area (Å²) in [6, 6.07) is 0. The van der Waals surface area contributed by atoms with Gasteiger partial charge in [-0.1, -0.05) is 18.1 Å². The van der Waals surface area contributed by atoms with Gasteiger partial charge in [0, 0.05) is 32.1 Å². The van der Waals surface area contributed by atoms with E-state index in [9.17, 15) is 4.79 Å². The van der Waals surface area contributed by atoms with Gasteiger partial charge < -0.3 is 10.1 Å². The van der Waals surface area contributed by atoms with Gasteiger partial charge in [0.1, 0.15) is 0 Å². The Hall–Kier alpha value is -0.870. The molecular weight excluding hydrogens is 252 g/mol. The fourth-order valence-electron chi connectivity index (χ4n) is 2.60. The maximum atomic E-state index is 11.7. The van der Waals surface area contributed by atoms with Gasteiger partial charge in [0.15, 0.2) is 0 Å². The lowest BCUT2D eigenvalue weighted by molar-refractivity contribution is -0.127. The number of ether oxygens (including phenoxy) is 1. The molecule has 1 aliphatic heterocycles. The van der Waals surface area contributed by atoms with Crippen LogP contribution < -0.4 is 5.32 Å². The molecule has 114 valence electrons. The van der Waals surface area contributed by atoms with E-state index in [0.29, 0.717) is 0 Å². The second kappa shape index (κ2) is 7.79. The van der Waals surface area contributed by atoms with Crippen molar-refractivity contribution in [2.24, 2.45) is 5.92 Å². The number of hydrogen-bond donors (Lipinski definition) is 1. The van der Waals surface area contributed by atoms with Gasteiger partial charge in [-0.3, -0.25) is 9.69 Å². The third-order valence-electron chi connectivity index (χ3n) is 4.22. The first-order valence-electron chi connectivity index (χ1n) is 7.90. The van der Waals surface area contributed by atoms with Crippen molar-refractivity contribution < 1.29 is 9.53 Å². The minimum atomic E-state index is 0.244. The first-order chi connectivity index (χ1) is 9.65. The van der Waals surface area contributed by atoms with E-state index < -0.39 is 0 Å². The van der Waals surface area contributed by atoms with Crippen molar-refractivity contribution in [2.75, 3.05) is 32.8 Å². The normalized spacial score (nSPS) is 24.0. The molecule has 0 aromatic heterocycles. The topological polar surface area (TPSA) is 41.6 Å². The molecule has 1 atom stereocenters. The Morgan fingerprint density at radius 2 is 2.20 bits per heavy atom. The van der Waals surface area contributed by atoms with Crippen LogP contribution in [-0.4, -0.2) is 49.7 Å². The summed E-state index contributed by atoms with van der Waals surface area (Å²) in [6.45, 7) is 8.81.